The lowest BCUT2D eigenvalue weighted by molar-refractivity contribution is -0.0393. The minimum Gasteiger partial charge on any atom is -0.0622 e. The molecule has 0 atom stereocenters. The van der Waals surface area contributed by atoms with Crippen LogP contribution < -0.4 is 0 Å². The molecule has 6 aliphatic rings. The molecule has 6 aliphatic carbocycles. The molecular formula is C61H48. The van der Waals surface area contributed by atoms with Gasteiger partial charge in [0.05, 0.1) is 0 Å². The minimum atomic E-state index is -0.127. The van der Waals surface area contributed by atoms with E-state index in [1.54, 1.807) is 11.1 Å². The lowest BCUT2D eigenvalue weighted by Gasteiger charge is -2.61. The van der Waals surface area contributed by atoms with Crippen LogP contribution >= 0.6 is 0 Å². The Kier molecular flexibility index (Phi) is 6.89. The van der Waals surface area contributed by atoms with Crippen molar-refractivity contribution in [3.63, 3.8) is 0 Å². The first kappa shape index (κ1) is 34.5. The van der Waals surface area contributed by atoms with Crippen LogP contribution in [0.1, 0.15) is 68.2 Å². The predicted molar refractivity (Wildman–Crippen MR) is 256 cm³/mol. The van der Waals surface area contributed by atoms with Gasteiger partial charge < -0.3 is 0 Å². The van der Waals surface area contributed by atoms with Crippen molar-refractivity contribution in [2.75, 3.05) is 0 Å². The Hall–Kier alpha value is -6.24. The van der Waals surface area contributed by atoms with E-state index in [2.05, 4.69) is 184 Å². The van der Waals surface area contributed by atoms with E-state index in [9.17, 15) is 0 Å². The molecule has 0 nitrogen and oxygen atoms in total. The molecule has 15 rings (SSSR count). The highest BCUT2D eigenvalue weighted by Gasteiger charge is 2.62. The Labute approximate surface area is 358 Å². The zero-order chi connectivity index (χ0) is 40.2. The monoisotopic (exact) mass is 780 g/mol. The SMILES string of the molecule is CC1(C)c2cc(-c3ccccc3)ccc2-c2ccc(-c3c4ccccc4c(-c4ccc5c(c4)C4(c6c-5ccc5ccccc65)C5CC6CC(C5)CC4C6)c4ccccc34)cc21. The molecule has 61 heavy (non-hydrogen) atoms. The van der Waals surface area contributed by atoms with Crippen LogP contribution in [0.2, 0.25) is 0 Å². The largest absolute Gasteiger partial charge is 0.0622 e. The van der Waals surface area contributed by atoms with Gasteiger partial charge in [-0.15, -0.1) is 0 Å². The van der Waals surface area contributed by atoms with Gasteiger partial charge in [-0.1, -0.05) is 166 Å². The third-order valence-electron chi connectivity index (χ3n) is 16.8. The van der Waals surface area contributed by atoms with Gasteiger partial charge >= 0.3 is 0 Å². The van der Waals surface area contributed by atoms with Crippen LogP contribution in [-0.4, -0.2) is 0 Å². The van der Waals surface area contributed by atoms with E-state index in [0.717, 1.165) is 11.8 Å². The molecule has 1 spiro atoms. The van der Waals surface area contributed by atoms with E-state index in [1.807, 2.05) is 0 Å². The molecule has 4 fully saturated rings. The Morgan fingerprint density at radius 1 is 0.361 bits per heavy atom. The highest BCUT2D eigenvalue weighted by atomic mass is 14.6. The number of fused-ring (bicyclic) bond motifs is 10. The predicted octanol–water partition coefficient (Wildman–Crippen LogP) is 16.2. The summed E-state index contributed by atoms with van der Waals surface area (Å²) >= 11 is 0. The average molecular weight is 781 g/mol. The van der Waals surface area contributed by atoms with Crippen molar-refractivity contribution < 1.29 is 0 Å². The van der Waals surface area contributed by atoms with E-state index in [0.29, 0.717) is 11.8 Å². The summed E-state index contributed by atoms with van der Waals surface area (Å²) in [6.07, 6.45) is 7.01. The number of benzene rings is 9. The molecule has 4 bridgehead atoms. The normalized spacial score (nSPS) is 23.4. The molecule has 0 heteroatoms. The van der Waals surface area contributed by atoms with Gasteiger partial charge in [0.2, 0.25) is 0 Å². The van der Waals surface area contributed by atoms with Crippen molar-refractivity contribution in [3.8, 4) is 55.6 Å². The molecule has 0 amide bonds. The van der Waals surface area contributed by atoms with E-state index in [4.69, 9.17) is 0 Å². The standard InChI is InChI=1S/C61H48/c1-60(2)54-33-40(38-12-4-3-5-13-38)21-24-46(54)47-25-22-41(34-55(47)60)57-49-16-8-10-18-51(49)58(52-19-11-9-17-50(52)57)42-23-26-48-53-27-20-39-14-6-7-15-45(39)59(53)61(56(48)35-42)43-29-36-28-37(31-43)32-44(61)30-36/h3-27,33-37,43-44H,28-32H2,1-2H3. The second kappa shape index (κ2) is 12.2. The summed E-state index contributed by atoms with van der Waals surface area (Å²) in [4.78, 5) is 0. The van der Waals surface area contributed by atoms with Crippen molar-refractivity contribution in [1.82, 2.24) is 0 Å². The molecule has 0 N–H and O–H groups in total. The van der Waals surface area contributed by atoms with Crippen LogP contribution in [0, 0.1) is 23.7 Å². The fourth-order valence-electron chi connectivity index (χ4n) is 14.6. The van der Waals surface area contributed by atoms with Gasteiger partial charge in [0.15, 0.2) is 0 Å². The van der Waals surface area contributed by atoms with E-state index in [-0.39, 0.29) is 10.8 Å². The summed E-state index contributed by atoms with van der Waals surface area (Å²) in [5.41, 5.74) is 19.7. The number of rotatable bonds is 3. The first-order chi connectivity index (χ1) is 30.0. The van der Waals surface area contributed by atoms with Crippen molar-refractivity contribution in [2.24, 2.45) is 23.7 Å². The lowest BCUT2D eigenvalue weighted by atomic mass is 9.43. The summed E-state index contributed by atoms with van der Waals surface area (Å²) in [6, 6.07) is 65.7. The van der Waals surface area contributed by atoms with Crippen LogP contribution in [-0.2, 0) is 10.8 Å². The van der Waals surface area contributed by atoms with Gasteiger partial charge in [-0.2, -0.15) is 0 Å². The zero-order valence-electron chi connectivity index (χ0n) is 35.0. The number of hydrogen-bond donors (Lipinski definition) is 0. The zero-order valence-corrected chi connectivity index (χ0v) is 35.0. The topological polar surface area (TPSA) is 0 Å². The van der Waals surface area contributed by atoms with Crippen molar-refractivity contribution in [3.05, 3.63) is 192 Å². The summed E-state index contributed by atoms with van der Waals surface area (Å²) in [7, 11) is 0. The molecule has 0 aromatic heterocycles. The Balaban J connectivity index is 0.968. The van der Waals surface area contributed by atoms with Gasteiger partial charge in [-0.05, 0) is 184 Å². The maximum Gasteiger partial charge on any atom is 0.0278 e. The van der Waals surface area contributed by atoms with Crippen molar-refractivity contribution >= 4 is 32.3 Å². The molecule has 0 aliphatic heterocycles. The third kappa shape index (κ3) is 4.51. The second-order valence-corrected chi connectivity index (χ2v) is 20.0. The molecule has 9 aromatic rings. The maximum atomic E-state index is 2.71. The molecule has 4 saturated carbocycles. The van der Waals surface area contributed by atoms with Crippen molar-refractivity contribution in [2.45, 2.75) is 56.8 Å². The first-order valence-electron chi connectivity index (χ1n) is 22.9. The minimum absolute atomic E-state index is 0.0805. The first-order valence-corrected chi connectivity index (χ1v) is 22.9. The average Bonchev–Trinajstić information content (AvgIpc) is 3.72. The van der Waals surface area contributed by atoms with Crippen LogP contribution in [0.25, 0.3) is 88.0 Å². The van der Waals surface area contributed by atoms with Crippen LogP contribution in [0.15, 0.2) is 170 Å². The Morgan fingerprint density at radius 3 is 1.38 bits per heavy atom. The summed E-state index contributed by atoms with van der Waals surface area (Å²) in [6.45, 7) is 4.83. The van der Waals surface area contributed by atoms with Crippen molar-refractivity contribution in [1.29, 1.82) is 0 Å². The molecule has 0 unspecified atom stereocenters. The van der Waals surface area contributed by atoms with Crippen LogP contribution in [0.3, 0.4) is 0 Å². The maximum absolute atomic E-state index is 2.71. The molecular weight excluding hydrogens is 733 g/mol. The molecule has 0 saturated heterocycles. The van der Waals surface area contributed by atoms with Gasteiger partial charge in [-0.25, -0.2) is 0 Å². The Morgan fingerprint density at radius 2 is 0.803 bits per heavy atom. The van der Waals surface area contributed by atoms with Crippen LogP contribution in [0.4, 0.5) is 0 Å². The third-order valence-corrected chi connectivity index (χ3v) is 16.8. The van der Waals surface area contributed by atoms with Gasteiger partial charge in [0.25, 0.3) is 0 Å². The van der Waals surface area contributed by atoms with Gasteiger partial charge in [-0.3, -0.25) is 0 Å². The second-order valence-electron chi connectivity index (χ2n) is 20.0. The molecule has 9 aromatic carbocycles. The highest BCUT2D eigenvalue weighted by Crippen LogP contribution is 2.70. The fourth-order valence-corrected chi connectivity index (χ4v) is 14.6. The number of hydrogen-bond acceptors (Lipinski definition) is 0. The molecule has 0 radical (unpaired) electrons. The van der Waals surface area contributed by atoms with E-state index >= 15 is 0 Å². The molecule has 0 heterocycles. The van der Waals surface area contributed by atoms with Crippen LogP contribution in [0.5, 0.6) is 0 Å². The van der Waals surface area contributed by atoms with Gasteiger partial charge in [0, 0.05) is 10.8 Å². The summed E-state index contributed by atoms with van der Waals surface area (Å²) < 4.78 is 0. The smallest absolute Gasteiger partial charge is 0.0278 e. The van der Waals surface area contributed by atoms with Gasteiger partial charge in [0.1, 0.15) is 0 Å². The van der Waals surface area contributed by atoms with E-state index in [1.165, 1.54) is 131 Å². The fraction of sp³-hybridized carbons (Fsp3) is 0.213. The summed E-state index contributed by atoms with van der Waals surface area (Å²) in [5.74, 6) is 3.23. The highest BCUT2D eigenvalue weighted by molar-refractivity contribution is 6.21. The molecule has 292 valence electrons. The lowest BCUT2D eigenvalue weighted by Crippen LogP contribution is -2.55. The summed E-state index contributed by atoms with van der Waals surface area (Å²) in [5, 5.41) is 8.22. The Bertz CT molecular complexity index is 3260. The quantitative estimate of drug-likeness (QED) is 0.157. The van der Waals surface area contributed by atoms with E-state index < -0.39 is 0 Å².